The fourth-order valence-electron chi connectivity index (χ4n) is 3.00. The van der Waals surface area contributed by atoms with Gasteiger partial charge in [0.05, 0.1) is 11.1 Å². The molecule has 0 atom stereocenters. The number of aromatic nitrogens is 1. The number of carboxylic acid groups (broad SMARTS) is 1. The molecule has 26 heavy (non-hydrogen) atoms. The molecular formula is C19H11F2NO4. The second-order valence-electron chi connectivity index (χ2n) is 5.83. The fraction of sp³-hybridized carbons (Fsp3) is 0.0526. The molecule has 0 saturated carbocycles. The third kappa shape index (κ3) is 2.36. The van der Waals surface area contributed by atoms with Crippen LogP contribution >= 0.6 is 0 Å². The summed E-state index contributed by atoms with van der Waals surface area (Å²) in [5, 5.41) is 9.05. The van der Waals surface area contributed by atoms with E-state index < -0.39 is 34.3 Å². The minimum Gasteiger partial charge on any atom is -0.477 e. The topological polar surface area (TPSA) is 68.5 Å². The summed E-state index contributed by atoms with van der Waals surface area (Å²) in [7, 11) is 0. The van der Waals surface area contributed by atoms with Crippen LogP contribution in [-0.2, 0) is 6.42 Å². The highest BCUT2D eigenvalue weighted by Crippen LogP contribution is 2.35. The molecule has 4 rings (SSSR count). The summed E-state index contributed by atoms with van der Waals surface area (Å²) < 4.78 is 34.6. The van der Waals surface area contributed by atoms with E-state index in [-0.39, 0.29) is 10.9 Å². The minimum absolute atomic E-state index is 0.00679. The number of aromatic carboxylic acids is 1. The lowest BCUT2D eigenvalue weighted by Gasteiger charge is -2.22. The van der Waals surface area contributed by atoms with Gasteiger partial charge in [-0.3, -0.25) is 4.79 Å². The zero-order valence-electron chi connectivity index (χ0n) is 13.2. The Balaban J connectivity index is 2.01. The molecule has 5 nitrogen and oxygen atoms in total. The summed E-state index contributed by atoms with van der Waals surface area (Å²) in [6.07, 6.45) is 2.69. The molecule has 0 radical (unpaired) electrons. The average molecular weight is 355 g/mol. The zero-order valence-corrected chi connectivity index (χ0v) is 13.2. The molecule has 2 heterocycles. The van der Waals surface area contributed by atoms with Gasteiger partial charge in [0.2, 0.25) is 11.2 Å². The molecule has 3 aromatic rings. The molecule has 2 aromatic carbocycles. The molecule has 0 fully saturated rings. The number of carbonyl (C=O) groups is 1. The molecule has 130 valence electrons. The predicted molar refractivity (Wildman–Crippen MR) is 90.1 cm³/mol. The first kappa shape index (κ1) is 16.0. The van der Waals surface area contributed by atoms with Crippen LogP contribution < -0.4 is 10.2 Å². The first-order chi connectivity index (χ1) is 12.5. The van der Waals surface area contributed by atoms with Crippen molar-refractivity contribution in [2.45, 2.75) is 6.42 Å². The molecule has 0 spiro atoms. The van der Waals surface area contributed by atoms with E-state index in [0.29, 0.717) is 18.2 Å². The minimum atomic E-state index is -1.45. The van der Waals surface area contributed by atoms with Crippen molar-refractivity contribution in [2.75, 3.05) is 0 Å². The predicted octanol–water partition coefficient (Wildman–Crippen LogP) is 3.41. The van der Waals surface area contributed by atoms with E-state index in [1.165, 1.54) is 10.8 Å². The highest BCUT2D eigenvalue weighted by Gasteiger charge is 2.26. The molecular weight excluding hydrogens is 344 g/mol. The Morgan fingerprint density at radius 3 is 2.62 bits per heavy atom. The van der Waals surface area contributed by atoms with Crippen LogP contribution in [0.2, 0.25) is 0 Å². The van der Waals surface area contributed by atoms with Crippen molar-refractivity contribution in [3.63, 3.8) is 0 Å². The lowest BCUT2D eigenvalue weighted by molar-refractivity contribution is 0.0695. The number of hydrogen-bond acceptors (Lipinski definition) is 3. The highest BCUT2D eigenvalue weighted by atomic mass is 19.2. The van der Waals surface area contributed by atoms with Crippen molar-refractivity contribution >= 4 is 22.6 Å². The quantitative estimate of drug-likeness (QED) is 0.782. The van der Waals surface area contributed by atoms with Crippen molar-refractivity contribution < 1.29 is 23.4 Å². The van der Waals surface area contributed by atoms with Crippen LogP contribution in [0.3, 0.4) is 0 Å². The van der Waals surface area contributed by atoms with Crippen molar-refractivity contribution in [2.24, 2.45) is 0 Å². The largest absolute Gasteiger partial charge is 0.477 e. The second kappa shape index (κ2) is 5.80. The Labute approximate surface area is 145 Å². The summed E-state index contributed by atoms with van der Waals surface area (Å²) in [5.74, 6) is -4.40. The van der Waals surface area contributed by atoms with Crippen LogP contribution in [0.15, 0.2) is 53.7 Å². The number of carboxylic acids is 1. The molecule has 7 heteroatoms. The number of rotatable bonds is 3. The Bertz CT molecular complexity index is 1150. The first-order valence-corrected chi connectivity index (χ1v) is 7.68. The Morgan fingerprint density at radius 1 is 1.19 bits per heavy atom. The van der Waals surface area contributed by atoms with E-state index in [2.05, 4.69) is 0 Å². The standard InChI is InChI=1S/C19H11F2NO4/c20-14-7-12-16-18(15(14)21)26-9-11(6-10-4-2-1-3-5-10)22(16)8-13(17(12)23)19(24)25/h1-5,7-9H,6H2,(H,24,25). The molecule has 0 saturated heterocycles. The van der Waals surface area contributed by atoms with E-state index in [0.717, 1.165) is 11.8 Å². The average Bonchev–Trinajstić information content (AvgIpc) is 2.63. The monoisotopic (exact) mass is 355 g/mol. The van der Waals surface area contributed by atoms with Crippen molar-refractivity contribution in [3.05, 3.63) is 81.8 Å². The van der Waals surface area contributed by atoms with Gasteiger partial charge in [0.25, 0.3) is 0 Å². The molecule has 1 aromatic heterocycles. The fourth-order valence-corrected chi connectivity index (χ4v) is 3.00. The normalized spacial score (nSPS) is 12.6. The van der Waals surface area contributed by atoms with Crippen molar-refractivity contribution in [1.29, 1.82) is 0 Å². The summed E-state index contributed by atoms with van der Waals surface area (Å²) in [5.41, 5.74) is -0.0320. The molecule has 0 aliphatic carbocycles. The van der Waals surface area contributed by atoms with Crippen LogP contribution in [0, 0.1) is 11.6 Å². The SMILES string of the molecule is O=C(O)c1cn2c3c(c(F)c(F)cc3c1=O)OC=C2Cc1ccccc1. The van der Waals surface area contributed by atoms with Gasteiger partial charge < -0.3 is 14.4 Å². The lowest BCUT2D eigenvalue weighted by Crippen LogP contribution is -2.22. The van der Waals surface area contributed by atoms with Gasteiger partial charge in [0, 0.05) is 12.6 Å². The Morgan fingerprint density at radius 2 is 1.92 bits per heavy atom. The van der Waals surface area contributed by atoms with Gasteiger partial charge in [-0.25, -0.2) is 9.18 Å². The van der Waals surface area contributed by atoms with E-state index in [4.69, 9.17) is 4.74 Å². The van der Waals surface area contributed by atoms with E-state index in [1.54, 1.807) is 0 Å². The smallest absolute Gasteiger partial charge is 0.341 e. The maximum absolute atomic E-state index is 14.1. The maximum Gasteiger partial charge on any atom is 0.341 e. The van der Waals surface area contributed by atoms with Crippen molar-refractivity contribution in [3.8, 4) is 5.75 Å². The van der Waals surface area contributed by atoms with Gasteiger partial charge in [0.15, 0.2) is 11.6 Å². The maximum atomic E-state index is 14.1. The van der Waals surface area contributed by atoms with E-state index in [1.807, 2.05) is 30.3 Å². The number of pyridine rings is 1. The molecule has 1 N–H and O–H groups in total. The Hall–Kier alpha value is -3.48. The van der Waals surface area contributed by atoms with Crippen LogP contribution in [0.1, 0.15) is 15.9 Å². The van der Waals surface area contributed by atoms with Crippen molar-refractivity contribution in [1.82, 2.24) is 4.57 Å². The number of hydrogen-bond donors (Lipinski definition) is 1. The number of benzene rings is 2. The molecule has 0 unspecified atom stereocenters. The number of allylic oxidation sites excluding steroid dienone is 1. The summed E-state index contributed by atoms with van der Waals surface area (Å²) >= 11 is 0. The highest BCUT2D eigenvalue weighted by molar-refractivity contribution is 5.96. The third-order valence-corrected chi connectivity index (χ3v) is 4.22. The molecule has 1 aliphatic heterocycles. The van der Waals surface area contributed by atoms with E-state index >= 15 is 0 Å². The number of halogens is 2. The first-order valence-electron chi connectivity index (χ1n) is 7.68. The van der Waals surface area contributed by atoms with Gasteiger partial charge in [-0.1, -0.05) is 30.3 Å². The van der Waals surface area contributed by atoms with Crippen LogP contribution in [-0.4, -0.2) is 15.6 Å². The van der Waals surface area contributed by atoms with E-state index in [9.17, 15) is 23.5 Å². The zero-order chi connectivity index (χ0) is 18.4. The number of nitrogens with zero attached hydrogens (tertiary/aromatic N) is 1. The third-order valence-electron chi connectivity index (χ3n) is 4.22. The summed E-state index contributed by atoms with van der Waals surface area (Å²) in [6, 6.07) is 9.95. The van der Waals surface area contributed by atoms with Crippen LogP contribution in [0.25, 0.3) is 16.6 Å². The Kier molecular flexibility index (Phi) is 3.57. The molecule has 0 bridgehead atoms. The second-order valence-corrected chi connectivity index (χ2v) is 5.83. The van der Waals surface area contributed by atoms with Crippen LogP contribution in [0.5, 0.6) is 5.75 Å². The summed E-state index contributed by atoms with van der Waals surface area (Å²) in [6.45, 7) is 0. The number of ether oxygens (including phenoxy) is 1. The van der Waals surface area contributed by atoms with Gasteiger partial charge >= 0.3 is 5.97 Å². The lowest BCUT2D eigenvalue weighted by atomic mass is 10.1. The van der Waals surface area contributed by atoms with Gasteiger partial charge in [-0.2, -0.15) is 4.39 Å². The summed E-state index contributed by atoms with van der Waals surface area (Å²) in [4.78, 5) is 23.8. The molecule has 0 amide bonds. The van der Waals surface area contributed by atoms with Crippen LogP contribution in [0.4, 0.5) is 8.78 Å². The van der Waals surface area contributed by atoms with Gasteiger partial charge in [0.1, 0.15) is 17.3 Å². The van der Waals surface area contributed by atoms with Gasteiger partial charge in [-0.05, 0) is 11.6 Å². The molecule has 1 aliphatic rings. The van der Waals surface area contributed by atoms with Gasteiger partial charge in [-0.15, -0.1) is 0 Å².